The molecule has 0 aliphatic carbocycles. The average molecular weight is 394 g/mol. The molecule has 0 aliphatic heterocycles. The van der Waals surface area contributed by atoms with Gasteiger partial charge in [0.15, 0.2) is 0 Å². The van der Waals surface area contributed by atoms with Gasteiger partial charge < -0.3 is 4.42 Å². The van der Waals surface area contributed by atoms with Gasteiger partial charge in [-0.3, -0.25) is 4.98 Å². The monoisotopic (exact) mass is 393 g/mol. The summed E-state index contributed by atoms with van der Waals surface area (Å²) in [6.07, 6.45) is 1.78. The van der Waals surface area contributed by atoms with Gasteiger partial charge >= 0.3 is 0 Å². The summed E-state index contributed by atoms with van der Waals surface area (Å²) in [6, 6.07) is 24.3. The van der Waals surface area contributed by atoms with Gasteiger partial charge in [-0.1, -0.05) is 63.2 Å². The topological polar surface area (TPSA) is 38.9 Å². The third-order valence-electron chi connectivity index (χ3n) is 5.79. The van der Waals surface area contributed by atoms with Crippen LogP contribution in [0, 0.1) is 5.92 Å². The minimum atomic E-state index is -0.689. The number of hydrogen-bond acceptors (Lipinski definition) is 3. The molecule has 0 N–H and O–H groups in total. The van der Waals surface area contributed by atoms with Crippen molar-refractivity contribution in [2.75, 3.05) is 0 Å². The second-order valence-electron chi connectivity index (χ2n) is 7.97. The van der Waals surface area contributed by atoms with Crippen LogP contribution in [-0.4, -0.2) is 9.97 Å². The van der Waals surface area contributed by atoms with E-state index in [0.717, 1.165) is 44.4 Å². The van der Waals surface area contributed by atoms with Crippen molar-refractivity contribution < 1.29 is 5.79 Å². The molecule has 0 saturated carbocycles. The fourth-order valence-corrected chi connectivity index (χ4v) is 3.81. The second kappa shape index (κ2) is 7.42. The van der Waals surface area contributed by atoms with Gasteiger partial charge in [0.1, 0.15) is 5.58 Å². The maximum atomic E-state index is 8.78. The number of nitrogens with zero attached hydrogens (tertiary/aromatic N) is 2. The molecule has 1 unspecified atom stereocenters. The van der Waals surface area contributed by atoms with Gasteiger partial charge in [-0.15, -0.1) is 0 Å². The summed E-state index contributed by atoms with van der Waals surface area (Å²) in [5.74, 6) is -0.503. The fourth-order valence-electron chi connectivity index (χ4n) is 3.81. The Morgan fingerprint density at radius 2 is 1.67 bits per heavy atom. The first kappa shape index (κ1) is 17.4. The zero-order chi connectivity index (χ0) is 21.6. The predicted molar refractivity (Wildman–Crippen MR) is 123 cm³/mol. The Bertz CT molecular complexity index is 1390. The van der Waals surface area contributed by atoms with Crippen molar-refractivity contribution in [3.05, 3.63) is 84.6 Å². The van der Waals surface area contributed by atoms with Crippen LogP contribution in [0.15, 0.2) is 83.4 Å². The first-order valence-electron chi connectivity index (χ1n) is 10.8. The van der Waals surface area contributed by atoms with Crippen molar-refractivity contribution in [3.8, 4) is 22.5 Å². The van der Waals surface area contributed by atoms with Gasteiger partial charge in [-0.25, -0.2) is 4.98 Å². The van der Waals surface area contributed by atoms with Crippen molar-refractivity contribution in [3.63, 3.8) is 0 Å². The van der Waals surface area contributed by atoms with Crippen molar-refractivity contribution in [1.82, 2.24) is 9.97 Å². The van der Waals surface area contributed by atoms with Crippen LogP contribution < -0.4 is 0 Å². The largest absolute Gasteiger partial charge is 0.437 e. The predicted octanol–water partition coefficient (Wildman–Crippen LogP) is 7.47. The van der Waals surface area contributed by atoms with Crippen LogP contribution in [0.25, 0.3) is 44.6 Å². The summed E-state index contributed by atoms with van der Waals surface area (Å²) >= 11 is 0. The summed E-state index contributed by atoms with van der Waals surface area (Å²) < 4.78 is 15.1. The van der Waals surface area contributed by atoms with E-state index >= 15 is 0 Å². The summed E-state index contributed by atoms with van der Waals surface area (Å²) in [5.41, 5.74) is 6.01. The molecule has 3 nitrogen and oxygen atoms in total. The molecular weight excluding hydrogens is 368 g/mol. The van der Waals surface area contributed by atoms with Gasteiger partial charge in [0, 0.05) is 29.5 Å². The number of hydrogen-bond donors (Lipinski definition) is 0. The Balaban J connectivity index is 1.67. The van der Waals surface area contributed by atoms with E-state index in [4.69, 9.17) is 10.8 Å². The van der Waals surface area contributed by atoms with E-state index in [0.29, 0.717) is 5.71 Å². The van der Waals surface area contributed by atoms with E-state index in [-0.39, 0.29) is 5.92 Å². The number of para-hydroxylation sites is 1. The van der Waals surface area contributed by atoms with Crippen LogP contribution in [0.2, 0.25) is 0 Å². The molecular formula is C27H24N2O. The Kier molecular flexibility index (Phi) is 4.30. The highest BCUT2D eigenvalue weighted by Crippen LogP contribution is 2.36. The number of rotatable bonds is 4. The average Bonchev–Trinajstić information content (AvgIpc) is 3.17. The first-order valence-corrected chi connectivity index (χ1v) is 10.3. The van der Waals surface area contributed by atoms with Gasteiger partial charge in [-0.05, 0) is 47.7 Å². The quantitative estimate of drug-likeness (QED) is 0.318. The third-order valence-corrected chi connectivity index (χ3v) is 5.79. The van der Waals surface area contributed by atoms with Crippen molar-refractivity contribution in [2.24, 2.45) is 5.92 Å². The highest BCUT2D eigenvalue weighted by molar-refractivity contribution is 6.08. The lowest BCUT2D eigenvalue weighted by Gasteiger charge is -2.16. The second-order valence-corrected chi connectivity index (χ2v) is 7.97. The Morgan fingerprint density at radius 3 is 2.47 bits per heavy atom. The van der Waals surface area contributed by atoms with Crippen LogP contribution >= 0.6 is 0 Å². The lowest BCUT2D eigenvalue weighted by atomic mass is 9.90. The van der Waals surface area contributed by atoms with Crippen LogP contribution in [0.5, 0.6) is 0 Å². The first-order chi connectivity index (χ1) is 14.9. The molecule has 5 rings (SSSR count). The molecule has 0 spiro atoms. The minimum Gasteiger partial charge on any atom is -0.437 e. The molecule has 2 aromatic carbocycles. The molecule has 148 valence electrons. The molecule has 0 fully saturated rings. The Hall–Kier alpha value is -3.46. The number of benzene rings is 2. The van der Waals surface area contributed by atoms with E-state index < -0.39 is 5.89 Å². The van der Waals surface area contributed by atoms with Crippen molar-refractivity contribution in [2.45, 2.75) is 26.7 Å². The highest BCUT2D eigenvalue weighted by Gasteiger charge is 2.16. The van der Waals surface area contributed by atoms with Crippen LogP contribution in [0.3, 0.4) is 0 Å². The summed E-state index contributed by atoms with van der Waals surface area (Å²) in [5, 5.41) is 2.00. The molecule has 0 radical (unpaired) electrons. The summed E-state index contributed by atoms with van der Waals surface area (Å²) in [7, 11) is 0. The number of furan rings is 1. The van der Waals surface area contributed by atoms with E-state index in [9.17, 15) is 0 Å². The molecule has 5 aromatic rings. The van der Waals surface area contributed by atoms with Crippen LogP contribution in [0.1, 0.15) is 33.6 Å². The molecule has 0 amide bonds. The molecule has 3 heteroatoms. The van der Waals surface area contributed by atoms with E-state index in [2.05, 4.69) is 31.0 Å². The molecule has 30 heavy (non-hydrogen) atoms. The fraction of sp³-hybridized carbons (Fsp3) is 0.185. The van der Waals surface area contributed by atoms with E-state index in [1.54, 1.807) is 6.20 Å². The summed E-state index contributed by atoms with van der Waals surface area (Å²) in [4.78, 5) is 9.38. The lowest BCUT2D eigenvalue weighted by Crippen LogP contribution is -2.02. The molecule has 3 heterocycles. The van der Waals surface area contributed by atoms with Crippen LogP contribution in [-0.2, 0) is 0 Å². The van der Waals surface area contributed by atoms with Crippen LogP contribution in [0.4, 0.5) is 0 Å². The van der Waals surface area contributed by atoms with E-state index in [1.807, 2.05) is 67.6 Å². The third kappa shape index (κ3) is 3.17. The smallest absolute Gasteiger partial charge is 0.227 e. The van der Waals surface area contributed by atoms with E-state index in [1.165, 1.54) is 0 Å². The SMILES string of the molecule is [2H]C(C)(c1ccnc(-c2cccc3c2oc2nc(-c4ccccc4)ccc23)c1)C(C)C. The summed E-state index contributed by atoms with van der Waals surface area (Å²) in [6.45, 7) is 6.10. The molecule has 0 saturated heterocycles. The minimum absolute atomic E-state index is 0.186. The number of pyridine rings is 2. The van der Waals surface area contributed by atoms with Gasteiger partial charge in [0.2, 0.25) is 5.71 Å². The molecule has 0 bridgehead atoms. The zero-order valence-corrected chi connectivity index (χ0v) is 17.4. The van der Waals surface area contributed by atoms with Gasteiger partial charge in [0.25, 0.3) is 0 Å². The van der Waals surface area contributed by atoms with Gasteiger partial charge in [-0.2, -0.15) is 0 Å². The van der Waals surface area contributed by atoms with Crippen molar-refractivity contribution >= 4 is 22.1 Å². The zero-order valence-electron chi connectivity index (χ0n) is 18.4. The molecule has 3 aromatic heterocycles. The maximum absolute atomic E-state index is 8.78. The Morgan fingerprint density at radius 1 is 0.833 bits per heavy atom. The lowest BCUT2D eigenvalue weighted by molar-refractivity contribution is 0.535. The normalized spacial score (nSPS) is 14.2. The highest BCUT2D eigenvalue weighted by atomic mass is 16.3. The van der Waals surface area contributed by atoms with Crippen molar-refractivity contribution in [1.29, 1.82) is 0 Å². The Labute approximate surface area is 177 Å². The number of fused-ring (bicyclic) bond motifs is 3. The van der Waals surface area contributed by atoms with Gasteiger partial charge in [0.05, 0.1) is 11.4 Å². The molecule has 0 aliphatic rings. The molecule has 1 atom stereocenters. The number of aromatic nitrogens is 2. The maximum Gasteiger partial charge on any atom is 0.227 e. The standard InChI is InChI=1S/C27H24N2O/c1-17(2)18(3)20-14-15-28-25(16-20)23-11-7-10-21-22-12-13-24(19-8-5-4-6-9-19)29-27(22)30-26(21)23/h4-18H,1-3H3/i18D.